The van der Waals surface area contributed by atoms with Crippen LogP contribution in [0.15, 0.2) is 0 Å². The van der Waals surface area contributed by atoms with E-state index in [4.69, 9.17) is 0 Å². The molecule has 2 fully saturated rings. The summed E-state index contributed by atoms with van der Waals surface area (Å²) in [6.45, 7) is 2.25. The van der Waals surface area contributed by atoms with E-state index in [0.717, 1.165) is 5.92 Å². The van der Waals surface area contributed by atoms with Crippen LogP contribution in [-0.4, -0.2) is 11.2 Å². The molecule has 2 aliphatic carbocycles. The van der Waals surface area contributed by atoms with Crippen molar-refractivity contribution in [2.24, 2.45) is 17.8 Å². The Morgan fingerprint density at radius 2 is 1.29 bits per heavy atom. The minimum absolute atomic E-state index is 0.00272. The lowest BCUT2D eigenvalue weighted by Crippen LogP contribution is -2.22. The highest BCUT2D eigenvalue weighted by molar-refractivity contribution is 4.88. The second-order valence-corrected chi connectivity index (χ2v) is 6.53. The van der Waals surface area contributed by atoms with Gasteiger partial charge in [-0.2, -0.15) is 0 Å². The lowest BCUT2D eigenvalue weighted by molar-refractivity contribution is 0.0812. The van der Waals surface area contributed by atoms with Crippen LogP contribution in [0.5, 0.6) is 0 Å². The lowest BCUT2D eigenvalue weighted by Gasteiger charge is -2.23. The normalized spacial score (nSPS) is 41.3. The Morgan fingerprint density at radius 3 is 1.94 bits per heavy atom. The third-order valence-electron chi connectivity index (χ3n) is 5.16. The Kier molecular flexibility index (Phi) is 5.34. The maximum Gasteiger partial charge on any atom is 0.0596 e. The molecule has 1 nitrogen and oxygen atoms in total. The Bertz CT molecular complexity index is 214. The summed E-state index contributed by atoms with van der Waals surface area (Å²) < 4.78 is 0. The van der Waals surface area contributed by atoms with E-state index in [1.807, 2.05) is 0 Å². The Hall–Kier alpha value is -0.0400. The van der Waals surface area contributed by atoms with Crippen LogP contribution in [0.2, 0.25) is 0 Å². The third-order valence-corrected chi connectivity index (χ3v) is 5.16. The van der Waals surface area contributed by atoms with Crippen molar-refractivity contribution in [3.8, 4) is 0 Å². The molecular weight excluding hydrogens is 208 g/mol. The summed E-state index contributed by atoms with van der Waals surface area (Å²) in [6, 6.07) is 0. The fourth-order valence-electron chi connectivity index (χ4n) is 4.08. The molecule has 0 spiro atoms. The molecule has 100 valence electrons. The minimum atomic E-state index is 0.00272. The lowest BCUT2D eigenvalue weighted by atomic mass is 9.85. The molecule has 2 saturated carbocycles. The molecule has 4 atom stereocenters. The standard InChI is InChI=1S/C16H30O/c1-13-12-14-10-8-6-4-2-3-5-7-9-11-15(14)16(13)17/h13-17H,2-12H2,1H3. The summed E-state index contributed by atoms with van der Waals surface area (Å²) in [5.74, 6) is 2.01. The zero-order valence-electron chi connectivity index (χ0n) is 11.5. The van der Waals surface area contributed by atoms with E-state index in [1.54, 1.807) is 0 Å². The van der Waals surface area contributed by atoms with Crippen LogP contribution in [-0.2, 0) is 0 Å². The topological polar surface area (TPSA) is 20.2 Å². The number of fused-ring (bicyclic) bond motifs is 1. The third kappa shape index (κ3) is 3.71. The first-order valence-electron chi connectivity index (χ1n) is 7.97. The molecule has 0 bridgehead atoms. The molecule has 0 aromatic rings. The van der Waals surface area contributed by atoms with Gasteiger partial charge in [-0.15, -0.1) is 0 Å². The van der Waals surface area contributed by atoms with Gasteiger partial charge in [0.15, 0.2) is 0 Å². The molecule has 0 aromatic heterocycles. The molecule has 4 unspecified atom stereocenters. The van der Waals surface area contributed by atoms with Crippen LogP contribution in [0.1, 0.15) is 77.6 Å². The summed E-state index contributed by atoms with van der Waals surface area (Å²) in [4.78, 5) is 0. The summed E-state index contributed by atoms with van der Waals surface area (Å²) >= 11 is 0. The average molecular weight is 238 g/mol. The quantitative estimate of drug-likeness (QED) is 0.657. The van der Waals surface area contributed by atoms with Crippen LogP contribution < -0.4 is 0 Å². The van der Waals surface area contributed by atoms with E-state index in [-0.39, 0.29) is 6.10 Å². The zero-order chi connectivity index (χ0) is 12.1. The molecule has 0 saturated heterocycles. The summed E-state index contributed by atoms with van der Waals surface area (Å²) in [5, 5.41) is 10.3. The van der Waals surface area contributed by atoms with E-state index >= 15 is 0 Å². The first-order valence-corrected chi connectivity index (χ1v) is 7.97. The predicted molar refractivity (Wildman–Crippen MR) is 72.9 cm³/mol. The number of hydrogen-bond acceptors (Lipinski definition) is 1. The van der Waals surface area contributed by atoms with Gasteiger partial charge in [0.05, 0.1) is 6.10 Å². The van der Waals surface area contributed by atoms with E-state index in [2.05, 4.69) is 6.92 Å². The van der Waals surface area contributed by atoms with Gasteiger partial charge in [0.2, 0.25) is 0 Å². The molecule has 1 N–H and O–H groups in total. The van der Waals surface area contributed by atoms with Crippen LogP contribution in [0, 0.1) is 17.8 Å². The van der Waals surface area contributed by atoms with Gasteiger partial charge in [0, 0.05) is 0 Å². The first kappa shape index (κ1) is 13.4. The Morgan fingerprint density at radius 1 is 0.765 bits per heavy atom. The Labute approximate surface area is 107 Å². The molecule has 1 heteroatoms. The van der Waals surface area contributed by atoms with Gasteiger partial charge in [-0.05, 0) is 30.6 Å². The van der Waals surface area contributed by atoms with Gasteiger partial charge in [-0.3, -0.25) is 0 Å². The van der Waals surface area contributed by atoms with E-state index in [1.165, 1.54) is 70.6 Å². The van der Waals surface area contributed by atoms with E-state index in [9.17, 15) is 5.11 Å². The van der Waals surface area contributed by atoms with Gasteiger partial charge in [0.1, 0.15) is 0 Å². The average Bonchev–Trinajstić information content (AvgIpc) is 2.56. The van der Waals surface area contributed by atoms with Crippen LogP contribution in [0.4, 0.5) is 0 Å². The SMILES string of the molecule is CC1CC2CCCCCCCCCCC2C1O. The number of rotatable bonds is 0. The molecule has 17 heavy (non-hydrogen) atoms. The summed E-state index contributed by atoms with van der Waals surface area (Å²) in [5.41, 5.74) is 0. The van der Waals surface area contributed by atoms with Gasteiger partial charge >= 0.3 is 0 Å². The van der Waals surface area contributed by atoms with Crippen molar-refractivity contribution in [2.45, 2.75) is 83.7 Å². The van der Waals surface area contributed by atoms with Crippen molar-refractivity contribution >= 4 is 0 Å². The van der Waals surface area contributed by atoms with Gasteiger partial charge in [-0.25, -0.2) is 0 Å². The first-order chi connectivity index (χ1) is 8.29. The van der Waals surface area contributed by atoms with Gasteiger partial charge < -0.3 is 5.11 Å². The van der Waals surface area contributed by atoms with Crippen LogP contribution in [0.3, 0.4) is 0 Å². The fourth-order valence-corrected chi connectivity index (χ4v) is 4.08. The van der Waals surface area contributed by atoms with Crippen molar-refractivity contribution in [2.75, 3.05) is 0 Å². The molecule has 0 heterocycles. The highest BCUT2D eigenvalue weighted by Gasteiger charge is 2.38. The second kappa shape index (κ2) is 6.78. The monoisotopic (exact) mass is 238 g/mol. The van der Waals surface area contributed by atoms with Crippen molar-refractivity contribution in [3.05, 3.63) is 0 Å². The van der Waals surface area contributed by atoms with E-state index in [0.29, 0.717) is 11.8 Å². The second-order valence-electron chi connectivity index (χ2n) is 6.53. The molecule has 0 aromatic carbocycles. The Balaban J connectivity index is 1.88. The van der Waals surface area contributed by atoms with Gasteiger partial charge in [-0.1, -0.05) is 64.7 Å². The number of aliphatic hydroxyl groups excluding tert-OH is 1. The minimum Gasteiger partial charge on any atom is -0.393 e. The predicted octanol–water partition coefficient (Wildman–Crippen LogP) is 4.53. The molecule has 0 aliphatic heterocycles. The van der Waals surface area contributed by atoms with Crippen LogP contribution >= 0.6 is 0 Å². The maximum absolute atomic E-state index is 10.3. The van der Waals surface area contributed by atoms with Crippen molar-refractivity contribution in [3.63, 3.8) is 0 Å². The molecule has 0 amide bonds. The highest BCUT2D eigenvalue weighted by atomic mass is 16.3. The maximum atomic E-state index is 10.3. The van der Waals surface area contributed by atoms with Crippen molar-refractivity contribution < 1.29 is 5.11 Å². The summed E-state index contributed by atoms with van der Waals surface area (Å²) in [6.07, 6.45) is 15.3. The van der Waals surface area contributed by atoms with Gasteiger partial charge in [0.25, 0.3) is 0 Å². The summed E-state index contributed by atoms with van der Waals surface area (Å²) in [7, 11) is 0. The highest BCUT2D eigenvalue weighted by Crippen LogP contribution is 2.42. The van der Waals surface area contributed by atoms with Crippen molar-refractivity contribution in [1.29, 1.82) is 0 Å². The largest absolute Gasteiger partial charge is 0.393 e. The smallest absolute Gasteiger partial charge is 0.0596 e. The van der Waals surface area contributed by atoms with Crippen molar-refractivity contribution in [1.82, 2.24) is 0 Å². The molecule has 0 radical (unpaired) electrons. The number of aliphatic hydroxyl groups is 1. The fraction of sp³-hybridized carbons (Fsp3) is 1.00. The van der Waals surface area contributed by atoms with E-state index < -0.39 is 0 Å². The number of hydrogen-bond donors (Lipinski definition) is 1. The molecule has 2 rings (SSSR count). The van der Waals surface area contributed by atoms with Crippen LogP contribution in [0.25, 0.3) is 0 Å². The zero-order valence-corrected chi connectivity index (χ0v) is 11.5. The molecule has 2 aliphatic rings. The molecular formula is C16H30O.